The molecule has 0 N–H and O–H groups in total. The molecule has 1 fully saturated rings. The highest BCUT2D eigenvalue weighted by atomic mass is 16.6. The number of cyclic esters (lactones) is 1. The Hall–Kier alpha value is -1.87. The van der Waals surface area contributed by atoms with Crippen LogP contribution in [0.15, 0.2) is 17.7 Å². The topological polar surface area (TPSA) is 69.7 Å². The second kappa shape index (κ2) is 3.89. The van der Waals surface area contributed by atoms with Gasteiger partial charge in [-0.2, -0.15) is 0 Å². The summed E-state index contributed by atoms with van der Waals surface area (Å²) in [6, 6.07) is 0. The molecule has 1 aliphatic heterocycles. The fraction of sp³-hybridized carbons (Fsp3) is 0.333. The van der Waals surface area contributed by atoms with E-state index in [9.17, 15) is 14.4 Å². The Balaban J connectivity index is 2.77. The van der Waals surface area contributed by atoms with Crippen molar-refractivity contribution in [3.8, 4) is 0 Å². The van der Waals surface area contributed by atoms with Gasteiger partial charge in [0.25, 0.3) is 0 Å². The van der Waals surface area contributed by atoms with E-state index in [1.807, 2.05) is 0 Å². The van der Waals surface area contributed by atoms with Crippen molar-refractivity contribution < 1.29 is 23.9 Å². The zero-order chi connectivity index (χ0) is 10.7. The van der Waals surface area contributed by atoms with Crippen molar-refractivity contribution in [1.82, 2.24) is 0 Å². The summed E-state index contributed by atoms with van der Waals surface area (Å²) in [4.78, 5) is 32.3. The van der Waals surface area contributed by atoms with Gasteiger partial charge in [-0.25, -0.2) is 14.4 Å². The van der Waals surface area contributed by atoms with Crippen LogP contribution < -0.4 is 0 Å². The quantitative estimate of drug-likeness (QED) is 0.347. The number of carbonyl (C=O) groups is 2. The van der Waals surface area contributed by atoms with Crippen LogP contribution in [0.5, 0.6) is 0 Å². The number of rotatable bonds is 2. The molecule has 0 aromatic carbocycles. The Morgan fingerprint density at radius 2 is 2.36 bits per heavy atom. The standard InChI is InChI=1S/C9H8O5/c1-5(2)8(11)14-7-6(3-10)4-13-9(7)12/h7H,1,4H2,2H3. The molecule has 0 spiro atoms. The lowest BCUT2D eigenvalue weighted by Crippen LogP contribution is -2.24. The summed E-state index contributed by atoms with van der Waals surface area (Å²) >= 11 is 0. The van der Waals surface area contributed by atoms with Crippen LogP contribution in [0, 0.1) is 0 Å². The lowest BCUT2D eigenvalue weighted by Gasteiger charge is -2.07. The first-order chi connectivity index (χ1) is 6.56. The molecule has 0 saturated carbocycles. The summed E-state index contributed by atoms with van der Waals surface area (Å²) in [5, 5.41) is 0. The Morgan fingerprint density at radius 1 is 1.71 bits per heavy atom. The third kappa shape index (κ3) is 1.89. The Labute approximate surface area is 80.0 Å². The van der Waals surface area contributed by atoms with Crippen molar-refractivity contribution >= 4 is 17.9 Å². The van der Waals surface area contributed by atoms with Gasteiger partial charge >= 0.3 is 11.9 Å². The van der Waals surface area contributed by atoms with Gasteiger partial charge in [0, 0.05) is 5.57 Å². The van der Waals surface area contributed by atoms with E-state index in [1.165, 1.54) is 12.9 Å². The molecule has 14 heavy (non-hydrogen) atoms. The zero-order valence-electron chi connectivity index (χ0n) is 7.53. The lowest BCUT2D eigenvalue weighted by atomic mass is 10.2. The average molecular weight is 196 g/mol. The molecule has 5 nitrogen and oxygen atoms in total. The van der Waals surface area contributed by atoms with Crippen LogP contribution in [0.2, 0.25) is 0 Å². The minimum absolute atomic E-state index is 0.00963. The molecule has 0 bridgehead atoms. The molecular weight excluding hydrogens is 188 g/mol. The largest absolute Gasteiger partial charge is 0.457 e. The van der Waals surface area contributed by atoms with Gasteiger partial charge in [-0.3, -0.25) is 0 Å². The summed E-state index contributed by atoms with van der Waals surface area (Å²) in [5.41, 5.74) is 0.138. The zero-order valence-corrected chi connectivity index (χ0v) is 7.53. The van der Waals surface area contributed by atoms with Crippen LogP contribution in [0.3, 0.4) is 0 Å². The SMILES string of the molecule is C=C(C)C(=O)OC1C(=O)OCC1=C=O. The second-order valence-corrected chi connectivity index (χ2v) is 2.80. The number of hydrogen-bond acceptors (Lipinski definition) is 5. The van der Waals surface area contributed by atoms with Crippen LogP contribution in [-0.2, 0) is 23.9 Å². The average Bonchev–Trinajstić information content (AvgIpc) is 2.47. The fourth-order valence-corrected chi connectivity index (χ4v) is 0.852. The third-order valence-corrected chi connectivity index (χ3v) is 1.60. The molecule has 0 aromatic rings. The molecule has 1 unspecified atom stereocenters. The highest BCUT2D eigenvalue weighted by molar-refractivity contribution is 5.92. The van der Waals surface area contributed by atoms with E-state index in [1.54, 1.807) is 0 Å². The number of esters is 2. The first kappa shape index (κ1) is 10.2. The van der Waals surface area contributed by atoms with E-state index >= 15 is 0 Å². The number of ether oxygens (including phenoxy) is 2. The summed E-state index contributed by atoms with van der Waals surface area (Å²) in [6.07, 6.45) is -1.25. The molecule has 0 aromatic heterocycles. The van der Waals surface area contributed by atoms with Gasteiger partial charge in [0.15, 0.2) is 0 Å². The van der Waals surface area contributed by atoms with Gasteiger partial charge in [0.1, 0.15) is 18.1 Å². The molecule has 0 amide bonds. The van der Waals surface area contributed by atoms with Crippen molar-refractivity contribution in [2.45, 2.75) is 13.0 Å². The van der Waals surface area contributed by atoms with Gasteiger partial charge in [0.2, 0.25) is 6.10 Å². The molecule has 1 aliphatic rings. The van der Waals surface area contributed by atoms with Gasteiger partial charge < -0.3 is 9.47 Å². The predicted octanol–water partition coefficient (Wildman–Crippen LogP) is -0.211. The molecule has 0 radical (unpaired) electrons. The normalized spacial score (nSPS) is 19.9. The maximum absolute atomic E-state index is 11.0. The number of hydrogen-bond donors (Lipinski definition) is 0. The highest BCUT2D eigenvalue weighted by Gasteiger charge is 2.36. The van der Waals surface area contributed by atoms with Crippen molar-refractivity contribution in [1.29, 1.82) is 0 Å². The minimum Gasteiger partial charge on any atom is -0.457 e. The summed E-state index contributed by atoms with van der Waals surface area (Å²) in [7, 11) is 0. The Kier molecular flexibility index (Phi) is 2.84. The van der Waals surface area contributed by atoms with Crippen molar-refractivity contribution in [3.63, 3.8) is 0 Å². The molecule has 74 valence electrons. The first-order valence-corrected chi connectivity index (χ1v) is 3.83. The molecule has 1 rings (SSSR count). The van der Waals surface area contributed by atoms with Crippen LogP contribution in [0.1, 0.15) is 6.92 Å². The summed E-state index contributed by atoms with van der Waals surface area (Å²) < 4.78 is 9.18. The van der Waals surface area contributed by atoms with Gasteiger partial charge in [-0.15, -0.1) is 0 Å². The summed E-state index contributed by atoms with van der Waals surface area (Å²) in [5.74, 6) is 0.0161. The van der Waals surface area contributed by atoms with Crippen LogP contribution >= 0.6 is 0 Å². The van der Waals surface area contributed by atoms with Crippen LogP contribution in [0.25, 0.3) is 0 Å². The van der Waals surface area contributed by atoms with Crippen molar-refractivity contribution in [2.24, 2.45) is 0 Å². The Bertz CT molecular complexity index is 348. The molecule has 1 atom stereocenters. The van der Waals surface area contributed by atoms with Gasteiger partial charge in [0.05, 0.1) is 0 Å². The van der Waals surface area contributed by atoms with E-state index < -0.39 is 18.0 Å². The van der Waals surface area contributed by atoms with E-state index in [0.29, 0.717) is 0 Å². The van der Waals surface area contributed by atoms with E-state index in [2.05, 4.69) is 16.1 Å². The van der Waals surface area contributed by atoms with Gasteiger partial charge in [-0.1, -0.05) is 6.58 Å². The van der Waals surface area contributed by atoms with Crippen LogP contribution in [-0.4, -0.2) is 30.6 Å². The maximum Gasteiger partial charge on any atom is 0.353 e. The van der Waals surface area contributed by atoms with Crippen LogP contribution in [0.4, 0.5) is 0 Å². The molecule has 1 saturated heterocycles. The Morgan fingerprint density at radius 3 is 2.86 bits per heavy atom. The van der Waals surface area contributed by atoms with E-state index in [0.717, 1.165) is 0 Å². The monoisotopic (exact) mass is 196 g/mol. The first-order valence-electron chi connectivity index (χ1n) is 3.83. The number of carbonyl (C=O) groups excluding carboxylic acids is 3. The van der Waals surface area contributed by atoms with E-state index in [-0.39, 0.29) is 17.8 Å². The molecule has 5 heteroatoms. The molecular formula is C9H8O5. The smallest absolute Gasteiger partial charge is 0.353 e. The molecule has 1 heterocycles. The van der Waals surface area contributed by atoms with Crippen molar-refractivity contribution in [2.75, 3.05) is 6.61 Å². The summed E-state index contributed by atoms with van der Waals surface area (Å²) in [6.45, 7) is 4.61. The minimum atomic E-state index is -1.25. The lowest BCUT2D eigenvalue weighted by molar-refractivity contribution is -0.156. The van der Waals surface area contributed by atoms with E-state index in [4.69, 9.17) is 0 Å². The fourth-order valence-electron chi connectivity index (χ4n) is 0.852. The third-order valence-electron chi connectivity index (χ3n) is 1.60. The molecule has 0 aliphatic carbocycles. The van der Waals surface area contributed by atoms with Gasteiger partial charge in [-0.05, 0) is 6.92 Å². The second-order valence-electron chi connectivity index (χ2n) is 2.80. The predicted molar refractivity (Wildman–Crippen MR) is 44.9 cm³/mol. The van der Waals surface area contributed by atoms with Crippen molar-refractivity contribution in [3.05, 3.63) is 17.7 Å². The maximum atomic E-state index is 11.0. The highest BCUT2D eigenvalue weighted by Crippen LogP contribution is 2.16.